The van der Waals surface area contributed by atoms with Crippen LogP contribution in [0.4, 0.5) is 0 Å². The summed E-state index contributed by atoms with van der Waals surface area (Å²) < 4.78 is 13.4. The third-order valence-corrected chi connectivity index (χ3v) is 0.851. The van der Waals surface area contributed by atoms with Crippen LogP contribution in [0.1, 0.15) is 0 Å². The smallest absolute Gasteiger partial charge is 0.146 e. The molecule has 0 saturated heterocycles. The number of hydrogen-bond acceptors (Lipinski definition) is 3. The number of thiol groups is 1. The highest BCUT2D eigenvalue weighted by molar-refractivity contribution is 7.80. The summed E-state index contributed by atoms with van der Waals surface area (Å²) in [6, 6.07) is 0. The van der Waals surface area contributed by atoms with Crippen LogP contribution in [0.3, 0.4) is 0 Å². The second-order valence-electron chi connectivity index (χ2n) is 0.496. The molecule has 36 valence electrons. The molecule has 0 aliphatic carbocycles. The van der Waals surface area contributed by atoms with E-state index in [1.54, 1.807) is 0 Å². The van der Waals surface area contributed by atoms with Gasteiger partial charge in [0.15, 0.2) is 0 Å². The van der Waals surface area contributed by atoms with Crippen LogP contribution in [0.2, 0.25) is 0 Å². The lowest BCUT2D eigenvalue weighted by atomic mass is 11.7. The van der Waals surface area contributed by atoms with E-state index in [2.05, 4.69) is 17.2 Å². The summed E-state index contributed by atoms with van der Waals surface area (Å²) in [5.74, 6) is -0.00823. The molecule has 0 heterocycles. The molecule has 5 heteroatoms. The lowest BCUT2D eigenvalue weighted by Crippen LogP contribution is -1.68. The van der Waals surface area contributed by atoms with E-state index in [0.29, 0.717) is 0 Å². The van der Waals surface area contributed by atoms with E-state index < -0.39 is 8.25 Å². The Labute approximate surface area is 41.7 Å². The van der Waals surface area contributed by atoms with Crippen molar-refractivity contribution in [2.75, 3.05) is 5.94 Å². The first-order chi connectivity index (χ1) is 2.77. The van der Waals surface area contributed by atoms with Crippen molar-refractivity contribution in [2.24, 2.45) is 0 Å². The molecule has 0 aliphatic heterocycles. The number of hydrogen-bond donors (Lipinski definition) is 2. The third kappa shape index (κ3) is 4.37. The fourth-order valence-electron chi connectivity index (χ4n) is 0.0494. The molecule has 1 N–H and O–H groups in total. The molecular weight excluding hydrogens is 123 g/mol. The molecule has 0 fully saturated rings. The van der Waals surface area contributed by atoms with Gasteiger partial charge < -0.3 is 0 Å². The zero-order valence-corrected chi connectivity index (χ0v) is 4.65. The zero-order chi connectivity index (χ0) is 4.99. The fraction of sp³-hybridized carbons (Fsp3) is 1.00. The third-order valence-electron chi connectivity index (χ3n) is 0.168. The molecule has 0 rings (SSSR count). The zero-order valence-electron chi connectivity index (χ0n) is 2.87. The van der Waals surface area contributed by atoms with Gasteiger partial charge in [0.1, 0.15) is 5.94 Å². The SMILES string of the molecule is O=[P+](O)OCS. The molecule has 0 amide bonds. The Balaban J connectivity index is 2.83. The van der Waals surface area contributed by atoms with Gasteiger partial charge in [-0.25, -0.2) is 0 Å². The van der Waals surface area contributed by atoms with Crippen LogP contribution < -0.4 is 0 Å². The molecule has 1 unspecified atom stereocenters. The Bertz CT molecular complexity index is 54.8. The van der Waals surface area contributed by atoms with Gasteiger partial charge in [0, 0.05) is 4.57 Å². The van der Waals surface area contributed by atoms with Gasteiger partial charge in [0.05, 0.1) is 0 Å². The van der Waals surface area contributed by atoms with E-state index in [1.165, 1.54) is 0 Å². The van der Waals surface area contributed by atoms with Crippen molar-refractivity contribution in [3.05, 3.63) is 0 Å². The molecular formula is CH4O3PS+. The lowest BCUT2D eigenvalue weighted by molar-refractivity contribution is 0.332. The maximum Gasteiger partial charge on any atom is 0.695 e. The quantitative estimate of drug-likeness (QED) is 0.323. The summed E-state index contributed by atoms with van der Waals surface area (Å²) in [5, 5.41) is 0. The molecule has 0 aromatic heterocycles. The second-order valence-corrected chi connectivity index (χ2v) is 1.49. The molecule has 6 heavy (non-hydrogen) atoms. The summed E-state index contributed by atoms with van der Waals surface area (Å²) in [5.41, 5.74) is 0. The van der Waals surface area contributed by atoms with Gasteiger partial charge in [-0.15, -0.1) is 22.0 Å². The Kier molecular flexibility index (Phi) is 3.78. The van der Waals surface area contributed by atoms with Crippen molar-refractivity contribution < 1.29 is 14.0 Å². The lowest BCUT2D eigenvalue weighted by Gasteiger charge is -1.67. The maximum atomic E-state index is 9.48. The minimum atomic E-state index is -2.43. The van der Waals surface area contributed by atoms with Gasteiger partial charge >= 0.3 is 8.25 Å². The summed E-state index contributed by atoms with van der Waals surface area (Å²) in [6.45, 7) is 0. The van der Waals surface area contributed by atoms with Crippen LogP contribution in [0.15, 0.2) is 0 Å². The van der Waals surface area contributed by atoms with Crippen molar-refractivity contribution in [3.8, 4) is 0 Å². The van der Waals surface area contributed by atoms with E-state index in [-0.39, 0.29) is 5.94 Å². The summed E-state index contributed by atoms with van der Waals surface area (Å²) in [7, 11) is -2.43. The van der Waals surface area contributed by atoms with Gasteiger partial charge in [0.25, 0.3) is 0 Å². The highest BCUT2D eigenvalue weighted by Crippen LogP contribution is 2.13. The van der Waals surface area contributed by atoms with Crippen LogP contribution in [0.25, 0.3) is 0 Å². The maximum absolute atomic E-state index is 9.48. The van der Waals surface area contributed by atoms with E-state index in [0.717, 1.165) is 0 Å². The first kappa shape index (κ1) is 6.37. The predicted octanol–water partition coefficient (Wildman–Crippen LogP) is 0.540. The van der Waals surface area contributed by atoms with Gasteiger partial charge in [0.2, 0.25) is 0 Å². The van der Waals surface area contributed by atoms with E-state index >= 15 is 0 Å². The minimum absolute atomic E-state index is 0.00823. The van der Waals surface area contributed by atoms with Crippen LogP contribution in [-0.2, 0) is 9.09 Å². The van der Waals surface area contributed by atoms with E-state index in [9.17, 15) is 4.57 Å². The van der Waals surface area contributed by atoms with Crippen molar-refractivity contribution >= 4 is 20.9 Å². The van der Waals surface area contributed by atoms with Gasteiger partial charge in [-0.05, 0) is 0 Å². The van der Waals surface area contributed by atoms with Crippen molar-refractivity contribution in [3.63, 3.8) is 0 Å². The Morgan fingerprint density at radius 1 is 2.00 bits per heavy atom. The Hall–Kier alpha value is 0.370. The molecule has 0 aliphatic rings. The largest absolute Gasteiger partial charge is 0.695 e. The monoisotopic (exact) mass is 127 g/mol. The number of rotatable bonds is 2. The van der Waals surface area contributed by atoms with Crippen molar-refractivity contribution in [1.82, 2.24) is 0 Å². The molecule has 0 aromatic carbocycles. The molecule has 1 atom stereocenters. The standard InChI is InChI=1S/CH3O3PS/c2-5(3)4-1-6/h1H2,(H-,2,3,6)/p+1. The summed E-state index contributed by atoms with van der Waals surface area (Å²) in [4.78, 5) is 7.79. The van der Waals surface area contributed by atoms with Gasteiger partial charge in [-0.1, -0.05) is 0 Å². The van der Waals surface area contributed by atoms with E-state index in [1.807, 2.05) is 0 Å². The highest BCUT2D eigenvalue weighted by atomic mass is 32.1. The molecule has 3 nitrogen and oxygen atoms in total. The summed E-state index contributed by atoms with van der Waals surface area (Å²) in [6.07, 6.45) is 0. The Morgan fingerprint density at radius 3 is 2.50 bits per heavy atom. The van der Waals surface area contributed by atoms with E-state index in [4.69, 9.17) is 4.89 Å². The Morgan fingerprint density at radius 2 is 2.50 bits per heavy atom. The van der Waals surface area contributed by atoms with Crippen LogP contribution in [0, 0.1) is 0 Å². The van der Waals surface area contributed by atoms with Gasteiger partial charge in [-0.2, -0.15) is 0 Å². The highest BCUT2D eigenvalue weighted by Gasteiger charge is 2.07. The molecule has 0 spiro atoms. The van der Waals surface area contributed by atoms with Crippen molar-refractivity contribution in [1.29, 1.82) is 0 Å². The molecule has 0 bridgehead atoms. The topological polar surface area (TPSA) is 46.5 Å². The predicted molar refractivity (Wildman–Crippen MR) is 24.8 cm³/mol. The average Bonchev–Trinajstić information content (AvgIpc) is 1.35. The second kappa shape index (κ2) is 3.56. The summed E-state index contributed by atoms with van der Waals surface area (Å²) >= 11 is 3.49. The van der Waals surface area contributed by atoms with Crippen LogP contribution in [0.5, 0.6) is 0 Å². The van der Waals surface area contributed by atoms with Crippen LogP contribution in [-0.4, -0.2) is 10.8 Å². The molecule has 0 saturated carbocycles. The van der Waals surface area contributed by atoms with Crippen LogP contribution >= 0.6 is 20.9 Å². The first-order valence-corrected chi connectivity index (χ1v) is 2.93. The minimum Gasteiger partial charge on any atom is -0.146 e. The van der Waals surface area contributed by atoms with Gasteiger partial charge in [-0.3, -0.25) is 0 Å². The normalized spacial score (nSPS) is 11.3. The fourth-order valence-corrected chi connectivity index (χ4v) is 0.445. The molecule has 0 aromatic rings. The molecule has 0 radical (unpaired) electrons. The first-order valence-electron chi connectivity index (χ1n) is 1.17. The van der Waals surface area contributed by atoms with Crippen molar-refractivity contribution in [2.45, 2.75) is 0 Å². The average molecular weight is 127 g/mol.